The first-order chi connectivity index (χ1) is 6.60. The number of aliphatic carboxylic acids is 1. The Morgan fingerprint density at radius 1 is 1.36 bits per heavy atom. The average molecular weight is 194 g/mol. The highest BCUT2D eigenvalue weighted by molar-refractivity contribution is 5.76. The predicted octanol–water partition coefficient (Wildman–Crippen LogP) is 0.419. The normalized spacial score (nSPS) is 10.7. The number of carbonyl (C=O) groups excluding carboxylic acids is 1. The molecule has 0 aliphatic carbocycles. The molecule has 74 valence electrons. The average Bonchev–Trinajstić information content (AvgIpc) is 2.14. The lowest BCUT2D eigenvalue weighted by Gasteiger charge is -2.08. The van der Waals surface area contributed by atoms with Crippen LogP contribution in [0.15, 0.2) is 0 Å². The molecule has 4 nitrogen and oxygen atoms in total. The van der Waals surface area contributed by atoms with Crippen molar-refractivity contribution < 1.29 is 19.4 Å². The Labute approximate surface area is 82.3 Å². The summed E-state index contributed by atoms with van der Waals surface area (Å²) in [6.07, 6.45) is 8.90. The highest BCUT2D eigenvalue weighted by Crippen LogP contribution is 2.00. The monoisotopic (exact) mass is 194 g/mol. The predicted molar refractivity (Wildman–Crippen MR) is 49.0 cm³/mol. The van der Waals surface area contributed by atoms with E-state index in [0.717, 1.165) is 0 Å². The summed E-state index contributed by atoms with van der Waals surface area (Å²) in [6.45, 7) is 0. The fourth-order valence-corrected chi connectivity index (χ4v) is 0.668. The molecule has 0 bridgehead atoms. The van der Waals surface area contributed by atoms with Gasteiger partial charge in [0, 0.05) is 0 Å². The van der Waals surface area contributed by atoms with E-state index >= 15 is 0 Å². The Hall–Kier alpha value is -1.94. The number of hydrogen-bond donors (Lipinski definition) is 1. The van der Waals surface area contributed by atoms with Crippen LogP contribution in [0.3, 0.4) is 0 Å². The van der Waals surface area contributed by atoms with Gasteiger partial charge in [0.05, 0.1) is 19.3 Å². The molecule has 0 amide bonds. The molecule has 0 heterocycles. The van der Waals surface area contributed by atoms with Gasteiger partial charge < -0.3 is 9.84 Å². The molecule has 0 aliphatic heterocycles. The number of carboxylic acids is 1. The molecule has 0 aliphatic rings. The number of rotatable bonds is 5. The quantitative estimate of drug-likeness (QED) is 0.509. The van der Waals surface area contributed by atoms with Gasteiger partial charge in [-0.2, -0.15) is 0 Å². The number of carboxylic acid groups (broad SMARTS) is 1. The van der Waals surface area contributed by atoms with Gasteiger partial charge >= 0.3 is 11.9 Å². The maximum Gasteiger partial charge on any atom is 0.307 e. The van der Waals surface area contributed by atoms with Gasteiger partial charge in [0.2, 0.25) is 0 Å². The zero-order chi connectivity index (χ0) is 11.0. The Morgan fingerprint density at radius 2 is 2.00 bits per heavy atom. The lowest BCUT2D eigenvalue weighted by molar-refractivity contribution is -0.149. The lowest BCUT2D eigenvalue weighted by Crippen LogP contribution is -2.16. The molecule has 1 N–H and O–H groups in total. The highest BCUT2D eigenvalue weighted by Gasteiger charge is 2.11. The van der Waals surface area contributed by atoms with Crippen LogP contribution >= 0.6 is 0 Å². The lowest BCUT2D eigenvalue weighted by atomic mass is 10.2. The van der Waals surface area contributed by atoms with E-state index in [0.29, 0.717) is 0 Å². The largest absolute Gasteiger partial charge is 0.481 e. The van der Waals surface area contributed by atoms with E-state index < -0.39 is 18.0 Å². The molecular formula is C10H10O4. The summed E-state index contributed by atoms with van der Waals surface area (Å²) in [4.78, 5) is 21.0. The fourth-order valence-electron chi connectivity index (χ4n) is 0.668. The minimum Gasteiger partial charge on any atom is -0.481 e. The fraction of sp³-hybridized carbons (Fsp3) is 0.400. The third-order valence-electron chi connectivity index (χ3n) is 1.31. The topological polar surface area (TPSA) is 63.6 Å². The first-order valence-corrected chi connectivity index (χ1v) is 3.91. The minimum atomic E-state index is -1.06. The van der Waals surface area contributed by atoms with Crippen molar-refractivity contribution in [3.63, 3.8) is 0 Å². The van der Waals surface area contributed by atoms with E-state index in [2.05, 4.69) is 11.8 Å². The molecule has 1 unspecified atom stereocenters. The zero-order valence-electron chi connectivity index (χ0n) is 7.53. The third kappa shape index (κ3) is 5.68. The summed E-state index contributed by atoms with van der Waals surface area (Å²) in [5.41, 5.74) is 0. The SMILES string of the molecule is C#CCC(C#C)OC(=O)CCC(=O)O. The number of terminal acetylenes is 2. The van der Waals surface area contributed by atoms with Crippen LogP contribution in [-0.2, 0) is 14.3 Å². The van der Waals surface area contributed by atoms with Gasteiger partial charge in [-0.05, 0) is 0 Å². The molecule has 0 saturated carbocycles. The smallest absolute Gasteiger partial charge is 0.307 e. The molecule has 0 saturated heterocycles. The Balaban J connectivity index is 3.87. The highest BCUT2D eigenvalue weighted by atomic mass is 16.5. The first kappa shape index (κ1) is 12.1. The molecule has 0 fully saturated rings. The molecule has 0 rings (SSSR count). The van der Waals surface area contributed by atoms with E-state index in [4.69, 9.17) is 22.7 Å². The van der Waals surface area contributed by atoms with Crippen molar-refractivity contribution in [1.82, 2.24) is 0 Å². The Morgan fingerprint density at radius 3 is 2.43 bits per heavy atom. The van der Waals surface area contributed by atoms with Gasteiger partial charge in [-0.3, -0.25) is 9.59 Å². The Kier molecular flexibility index (Phi) is 5.65. The molecule has 14 heavy (non-hydrogen) atoms. The van der Waals surface area contributed by atoms with Crippen molar-refractivity contribution in [2.75, 3.05) is 0 Å². The second-order valence-electron chi connectivity index (χ2n) is 2.45. The van der Waals surface area contributed by atoms with Crippen LogP contribution in [-0.4, -0.2) is 23.1 Å². The van der Waals surface area contributed by atoms with E-state index in [1.807, 2.05) is 0 Å². The molecule has 0 aromatic rings. The maximum atomic E-state index is 10.9. The van der Waals surface area contributed by atoms with Crippen molar-refractivity contribution >= 4 is 11.9 Å². The second kappa shape index (κ2) is 6.56. The molecule has 0 spiro atoms. The van der Waals surface area contributed by atoms with Gasteiger partial charge in [0.1, 0.15) is 0 Å². The van der Waals surface area contributed by atoms with Crippen LogP contribution < -0.4 is 0 Å². The summed E-state index contributed by atoms with van der Waals surface area (Å²) in [6, 6.07) is 0. The molecule has 0 aromatic carbocycles. The van der Waals surface area contributed by atoms with E-state index in [-0.39, 0.29) is 19.3 Å². The van der Waals surface area contributed by atoms with Crippen molar-refractivity contribution in [3.05, 3.63) is 0 Å². The van der Waals surface area contributed by atoms with Crippen LogP contribution in [0.1, 0.15) is 19.3 Å². The number of ether oxygens (including phenoxy) is 1. The van der Waals surface area contributed by atoms with Gasteiger partial charge in [-0.1, -0.05) is 5.92 Å². The van der Waals surface area contributed by atoms with Gasteiger partial charge in [0.15, 0.2) is 6.10 Å². The van der Waals surface area contributed by atoms with Crippen LogP contribution in [0.4, 0.5) is 0 Å². The van der Waals surface area contributed by atoms with Crippen molar-refractivity contribution in [1.29, 1.82) is 0 Å². The zero-order valence-corrected chi connectivity index (χ0v) is 7.53. The van der Waals surface area contributed by atoms with Gasteiger partial charge in [-0.25, -0.2) is 0 Å². The number of hydrogen-bond acceptors (Lipinski definition) is 3. The molecule has 1 atom stereocenters. The maximum absolute atomic E-state index is 10.9. The molecule has 4 heteroatoms. The van der Waals surface area contributed by atoms with Crippen LogP contribution in [0.2, 0.25) is 0 Å². The number of esters is 1. The first-order valence-electron chi connectivity index (χ1n) is 3.91. The van der Waals surface area contributed by atoms with E-state index in [9.17, 15) is 9.59 Å². The summed E-state index contributed by atoms with van der Waals surface area (Å²) in [5, 5.41) is 8.28. The molecular weight excluding hydrogens is 184 g/mol. The summed E-state index contributed by atoms with van der Waals surface area (Å²) < 4.78 is 4.71. The van der Waals surface area contributed by atoms with Gasteiger partial charge in [0.25, 0.3) is 0 Å². The van der Waals surface area contributed by atoms with Crippen LogP contribution in [0.25, 0.3) is 0 Å². The van der Waals surface area contributed by atoms with Crippen molar-refractivity contribution in [2.24, 2.45) is 0 Å². The Bertz CT molecular complexity index is 292. The standard InChI is InChI=1S/C10H10O4/c1-3-5-8(4-2)14-10(13)7-6-9(11)12/h1-2,8H,5-7H2,(H,11,12). The van der Waals surface area contributed by atoms with E-state index in [1.54, 1.807) is 0 Å². The van der Waals surface area contributed by atoms with Gasteiger partial charge in [-0.15, -0.1) is 18.8 Å². The van der Waals surface area contributed by atoms with Crippen molar-refractivity contribution in [3.8, 4) is 24.7 Å². The molecule has 0 aromatic heterocycles. The van der Waals surface area contributed by atoms with Crippen LogP contribution in [0, 0.1) is 24.7 Å². The summed E-state index contributed by atoms with van der Waals surface area (Å²) >= 11 is 0. The van der Waals surface area contributed by atoms with Crippen molar-refractivity contribution in [2.45, 2.75) is 25.4 Å². The molecule has 0 radical (unpaired) electrons. The summed E-state index contributed by atoms with van der Waals surface area (Å²) in [5.74, 6) is 2.73. The second-order valence-corrected chi connectivity index (χ2v) is 2.45. The van der Waals surface area contributed by atoms with Crippen LogP contribution in [0.5, 0.6) is 0 Å². The van der Waals surface area contributed by atoms with E-state index in [1.165, 1.54) is 0 Å². The third-order valence-corrected chi connectivity index (χ3v) is 1.31. The summed E-state index contributed by atoms with van der Waals surface area (Å²) in [7, 11) is 0. The minimum absolute atomic E-state index is 0.134. The number of carbonyl (C=O) groups is 2.